The van der Waals surface area contributed by atoms with Crippen molar-refractivity contribution in [3.63, 3.8) is 0 Å². The highest BCUT2D eigenvalue weighted by molar-refractivity contribution is 7.47. The second-order valence-corrected chi connectivity index (χ2v) is 16.4. The van der Waals surface area contributed by atoms with E-state index >= 15 is 0 Å². The highest BCUT2D eigenvalue weighted by atomic mass is 31.2. The average Bonchev–Trinajstić information content (AvgIpc) is 3.73. The molecule has 1 saturated carbocycles. The van der Waals surface area contributed by atoms with Crippen molar-refractivity contribution in [3.05, 3.63) is 82.9 Å². The first kappa shape index (κ1) is 38.3. The zero-order chi connectivity index (χ0) is 38.9. The maximum Gasteiger partial charge on any atom is 0.527 e. The van der Waals surface area contributed by atoms with Gasteiger partial charge in [-0.2, -0.15) is 0 Å². The molecular weight excluding hydrogens is 735 g/mol. The molecule has 15 heteroatoms. The molecular formula is C40H47O14P. The minimum atomic E-state index is -4.94. The summed E-state index contributed by atoms with van der Waals surface area (Å²) >= 11 is 0. The molecule has 2 saturated heterocycles. The summed E-state index contributed by atoms with van der Waals surface area (Å²) in [6.07, 6.45) is -4.05. The summed E-state index contributed by atoms with van der Waals surface area (Å²) in [6.45, 7) is 13.6. The number of phosphoric ester groups is 1. The fraction of sp³-hybridized carbons (Fsp3) is 0.525. The monoisotopic (exact) mass is 782 g/mol. The Labute approximate surface area is 319 Å². The molecule has 14 nitrogen and oxygen atoms in total. The molecule has 0 aromatic heterocycles. The van der Waals surface area contributed by atoms with E-state index in [-0.39, 0.29) is 11.5 Å². The number of hydrogen-bond acceptors (Lipinski definition) is 13. The standard InChI is InChI=1S/C40H47O14P/c1-8-10-19-45-23-15-17-27-29(20-23)47-30-21-24(16-18-28(30)40(27)26-14-12-11-13-25(26)37(41)52-40)53-55(42,43)54-36-34-32(48-38(4,5)50-34)31(46-22(3)44-9-2)33-35(36)51-39(6,7)49-33/h11-18,20-22,31-36H,8-10,19H2,1-7H3,(H,42,43). The van der Waals surface area contributed by atoms with Gasteiger partial charge in [-0.1, -0.05) is 31.5 Å². The van der Waals surface area contributed by atoms with Gasteiger partial charge in [0.2, 0.25) is 0 Å². The zero-order valence-corrected chi connectivity index (χ0v) is 32.7. The van der Waals surface area contributed by atoms with Crippen LogP contribution in [0.1, 0.15) is 88.4 Å². The topological polar surface area (TPSA) is 156 Å². The molecule has 5 aliphatic rings. The van der Waals surface area contributed by atoms with Crippen LogP contribution in [-0.4, -0.2) is 78.6 Å². The first-order valence-electron chi connectivity index (χ1n) is 18.8. The molecule has 0 bridgehead atoms. The van der Waals surface area contributed by atoms with Gasteiger partial charge in [0.25, 0.3) is 0 Å². The van der Waals surface area contributed by atoms with Crippen molar-refractivity contribution in [3.8, 4) is 23.0 Å². The van der Waals surface area contributed by atoms with Crippen molar-refractivity contribution in [1.82, 2.24) is 0 Å². The minimum Gasteiger partial charge on any atom is -0.493 e. The third kappa shape index (κ3) is 6.96. The van der Waals surface area contributed by atoms with E-state index in [2.05, 4.69) is 6.92 Å². The number of fused-ring (bicyclic) bond motifs is 8. The first-order chi connectivity index (χ1) is 26.1. The molecule has 1 aliphatic carbocycles. The second kappa shape index (κ2) is 14.1. The predicted octanol–water partition coefficient (Wildman–Crippen LogP) is 7.12. The van der Waals surface area contributed by atoms with Gasteiger partial charge in [0.15, 0.2) is 23.5 Å². The van der Waals surface area contributed by atoms with E-state index in [1.54, 1.807) is 58.9 Å². The molecule has 1 spiro atoms. The molecule has 3 aromatic carbocycles. The van der Waals surface area contributed by atoms with E-state index in [4.69, 9.17) is 51.7 Å². The van der Waals surface area contributed by atoms with Crippen LogP contribution in [0.3, 0.4) is 0 Å². The van der Waals surface area contributed by atoms with Gasteiger partial charge in [-0.25, -0.2) is 9.36 Å². The fourth-order valence-electron chi connectivity index (χ4n) is 8.22. The van der Waals surface area contributed by atoms with Gasteiger partial charge >= 0.3 is 13.8 Å². The van der Waals surface area contributed by atoms with Crippen LogP contribution in [0.15, 0.2) is 60.7 Å². The van der Waals surface area contributed by atoms with Crippen LogP contribution in [0.25, 0.3) is 0 Å². The fourth-order valence-corrected chi connectivity index (χ4v) is 9.19. The van der Waals surface area contributed by atoms with E-state index in [0.29, 0.717) is 47.0 Å². The lowest BCUT2D eigenvalue weighted by atomic mass is 9.77. The highest BCUT2D eigenvalue weighted by Crippen LogP contribution is 2.58. The summed E-state index contributed by atoms with van der Waals surface area (Å²) in [6, 6.07) is 17.2. The predicted molar refractivity (Wildman–Crippen MR) is 194 cm³/mol. The highest BCUT2D eigenvalue weighted by Gasteiger charge is 2.66. The summed E-state index contributed by atoms with van der Waals surface area (Å²) in [5.41, 5.74) is 0.804. The summed E-state index contributed by atoms with van der Waals surface area (Å²) < 4.78 is 81.5. The Morgan fingerprint density at radius 2 is 1.38 bits per heavy atom. The van der Waals surface area contributed by atoms with Crippen LogP contribution in [0, 0.1) is 0 Å². The van der Waals surface area contributed by atoms with Crippen molar-refractivity contribution in [2.75, 3.05) is 13.2 Å². The van der Waals surface area contributed by atoms with Gasteiger partial charge in [-0.15, -0.1) is 0 Å². The van der Waals surface area contributed by atoms with Gasteiger partial charge in [0.1, 0.15) is 59.6 Å². The molecule has 8 rings (SSSR count). The molecule has 296 valence electrons. The lowest BCUT2D eigenvalue weighted by Crippen LogP contribution is -2.63. The Bertz CT molecular complexity index is 1970. The molecule has 7 atom stereocenters. The van der Waals surface area contributed by atoms with Crippen LogP contribution >= 0.6 is 7.82 Å². The molecule has 55 heavy (non-hydrogen) atoms. The third-order valence-electron chi connectivity index (χ3n) is 10.3. The average molecular weight is 783 g/mol. The number of rotatable bonds is 12. The Morgan fingerprint density at radius 3 is 2.00 bits per heavy atom. The van der Waals surface area contributed by atoms with Crippen molar-refractivity contribution in [2.24, 2.45) is 0 Å². The number of hydrogen-bond donors (Lipinski definition) is 1. The van der Waals surface area contributed by atoms with Gasteiger partial charge in [0.05, 0.1) is 12.2 Å². The number of unbranched alkanes of at least 4 members (excludes halogenated alkanes) is 1. The molecule has 3 fully saturated rings. The molecule has 7 unspecified atom stereocenters. The number of phosphoric acid groups is 1. The van der Waals surface area contributed by atoms with Crippen LogP contribution in [0.2, 0.25) is 0 Å². The smallest absolute Gasteiger partial charge is 0.493 e. The Kier molecular flexibility index (Phi) is 9.84. The number of benzene rings is 3. The molecule has 4 heterocycles. The maximum absolute atomic E-state index is 14.0. The SMILES string of the molecule is CCCCOc1ccc2c(c1)Oc1cc(OP(=O)(O)OC3C4OC(C)(C)OC4C(OC(C)OCC)C4OC(C)(C)OC43)ccc1C21OC(=O)c2ccccc21. The van der Waals surface area contributed by atoms with Crippen molar-refractivity contribution in [1.29, 1.82) is 0 Å². The van der Waals surface area contributed by atoms with Crippen LogP contribution in [0.5, 0.6) is 23.0 Å². The summed E-state index contributed by atoms with van der Waals surface area (Å²) in [5, 5.41) is 0. The molecule has 3 aromatic rings. The van der Waals surface area contributed by atoms with Crippen LogP contribution in [-0.2, 0) is 47.8 Å². The summed E-state index contributed by atoms with van der Waals surface area (Å²) in [5.74, 6) is -1.50. The van der Waals surface area contributed by atoms with E-state index in [1.165, 1.54) is 12.1 Å². The number of ether oxygens (including phenoxy) is 9. The first-order valence-corrected chi connectivity index (χ1v) is 20.2. The normalized spacial score (nSPS) is 30.9. The lowest BCUT2D eigenvalue weighted by molar-refractivity contribution is -0.239. The van der Waals surface area contributed by atoms with E-state index in [9.17, 15) is 14.3 Å². The quantitative estimate of drug-likeness (QED) is 0.0858. The van der Waals surface area contributed by atoms with Crippen molar-refractivity contribution < 1.29 is 65.9 Å². The third-order valence-corrected chi connectivity index (χ3v) is 11.2. The van der Waals surface area contributed by atoms with Gasteiger partial charge in [-0.05, 0) is 78.3 Å². The molecule has 1 N–H and O–H groups in total. The number of esters is 1. The largest absolute Gasteiger partial charge is 0.527 e. The van der Waals surface area contributed by atoms with Crippen molar-refractivity contribution in [2.45, 2.75) is 121 Å². The van der Waals surface area contributed by atoms with Gasteiger partial charge in [-0.3, -0.25) is 9.42 Å². The maximum atomic E-state index is 14.0. The Hall–Kier alpha value is -3.56. The second-order valence-electron chi connectivity index (χ2n) is 15.1. The Balaban J connectivity index is 1.11. The molecule has 0 radical (unpaired) electrons. The lowest BCUT2D eigenvalue weighted by Gasteiger charge is -2.43. The molecule has 4 aliphatic heterocycles. The molecule has 0 amide bonds. The van der Waals surface area contributed by atoms with Crippen LogP contribution in [0.4, 0.5) is 0 Å². The summed E-state index contributed by atoms with van der Waals surface area (Å²) in [4.78, 5) is 24.7. The van der Waals surface area contributed by atoms with Crippen molar-refractivity contribution >= 4 is 13.8 Å². The van der Waals surface area contributed by atoms with Gasteiger partial charge in [0, 0.05) is 35.4 Å². The number of carbonyl (C=O) groups is 1. The van der Waals surface area contributed by atoms with E-state index in [0.717, 1.165) is 12.8 Å². The van der Waals surface area contributed by atoms with E-state index in [1.807, 2.05) is 31.2 Å². The van der Waals surface area contributed by atoms with Crippen LogP contribution < -0.4 is 14.0 Å². The minimum absolute atomic E-state index is 0.0420. The summed E-state index contributed by atoms with van der Waals surface area (Å²) in [7, 11) is -4.94. The van der Waals surface area contributed by atoms with Gasteiger partial charge < -0.3 is 47.2 Å². The zero-order valence-electron chi connectivity index (χ0n) is 31.8. The Morgan fingerprint density at radius 1 is 0.800 bits per heavy atom. The van der Waals surface area contributed by atoms with E-state index < -0.39 is 73.9 Å². The number of carbonyl (C=O) groups excluding carboxylic acids is 1.